The minimum absolute atomic E-state index is 0.0732. The molecule has 0 radical (unpaired) electrons. The molecule has 0 saturated carbocycles. The molecule has 0 aromatic heterocycles. The molecule has 2 aromatic rings. The number of piperidine rings is 1. The zero-order valence-electron chi connectivity index (χ0n) is 20.5. The highest BCUT2D eigenvalue weighted by atomic mass is 16.7. The van der Waals surface area contributed by atoms with E-state index >= 15 is 0 Å². The Kier molecular flexibility index (Phi) is 7.58. The molecule has 0 bridgehead atoms. The topological polar surface area (TPSA) is 97.0 Å². The number of hydrogen-bond donors (Lipinski definition) is 2. The standard InChI is InChI=1S/C27H33N3O5/c1-17(2)15-28-26(32)24(29-25(31)21-7-5-4-6-18(21)3)19-10-12-30(13-11-19)27(33)20-8-9-22-23(14-20)35-16-34-22/h4-9,14,17,19,24H,10-13,15-16H2,1-3H3,(H,28,32)(H,29,31). The first kappa shape index (κ1) is 24.6. The molecule has 186 valence electrons. The van der Waals surface area contributed by atoms with E-state index in [1.165, 1.54) is 0 Å². The number of hydrogen-bond acceptors (Lipinski definition) is 5. The van der Waals surface area contributed by atoms with E-state index < -0.39 is 6.04 Å². The van der Waals surface area contributed by atoms with Crippen LogP contribution in [0.5, 0.6) is 11.5 Å². The number of rotatable bonds is 7. The first-order valence-electron chi connectivity index (χ1n) is 12.2. The van der Waals surface area contributed by atoms with Gasteiger partial charge in [0.25, 0.3) is 11.8 Å². The first-order chi connectivity index (χ1) is 16.8. The molecule has 3 amide bonds. The van der Waals surface area contributed by atoms with Gasteiger partial charge in [-0.3, -0.25) is 14.4 Å². The Hall–Kier alpha value is -3.55. The molecule has 1 atom stereocenters. The van der Waals surface area contributed by atoms with Crippen molar-refractivity contribution in [1.82, 2.24) is 15.5 Å². The zero-order valence-corrected chi connectivity index (χ0v) is 20.5. The Labute approximate surface area is 206 Å². The number of amides is 3. The van der Waals surface area contributed by atoms with E-state index in [0.29, 0.717) is 61.0 Å². The summed E-state index contributed by atoms with van der Waals surface area (Å²) in [6.45, 7) is 7.65. The molecule has 2 aliphatic heterocycles. The summed E-state index contributed by atoms with van der Waals surface area (Å²) in [5, 5.41) is 5.96. The lowest BCUT2D eigenvalue weighted by atomic mass is 9.88. The lowest BCUT2D eigenvalue weighted by molar-refractivity contribution is -0.124. The molecule has 2 N–H and O–H groups in total. The second-order valence-corrected chi connectivity index (χ2v) is 9.60. The highest BCUT2D eigenvalue weighted by molar-refractivity contribution is 5.99. The normalized spacial score (nSPS) is 16.2. The third-order valence-corrected chi connectivity index (χ3v) is 6.56. The minimum Gasteiger partial charge on any atom is -0.454 e. The van der Waals surface area contributed by atoms with Gasteiger partial charge in [-0.15, -0.1) is 0 Å². The van der Waals surface area contributed by atoms with E-state index in [4.69, 9.17) is 9.47 Å². The highest BCUT2D eigenvalue weighted by Gasteiger charge is 2.34. The Bertz CT molecular complexity index is 1090. The quantitative estimate of drug-likeness (QED) is 0.636. The van der Waals surface area contributed by atoms with Gasteiger partial charge in [0.15, 0.2) is 11.5 Å². The van der Waals surface area contributed by atoms with Gasteiger partial charge in [0.2, 0.25) is 12.7 Å². The van der Waals surface area contributed by atoms with Gasteiger partial charge in [0.05, 0.1) is 0 Å². The zero-order chi connectivity index (χ0) is 24.9. The van der Waals surface area contributed by atoms with Crippen molar-refractivity contribution in [3.63, 3.8) is 0 Å². The van der Waals surface area contributed by atoms with Crippen LogP contribution in [0.25, 0.3) is 0 Å². The van der Waals surface area contributed by atoms with E-state index in [2.05, 4.69) is 10.6 Å². The fraction of sp³-hybridized carbons (Fsp3) is 0.444. The van der Waals surface area contributed by atoms with Gasteiger partial charge in [-0.1, -0.05) is 32.0 Å². The van der Waals surface area contributed by atoms with Crippen molar-refractivity contribution >= 4 is 17.7 Å². The van der Waals surface area contributed by atoms with Crippen molar-refractivity contribution in [2.75, 3.05) is 26.4 Å². The maximum absolute atomic E-state index is 13.1. The maximum atomic E-state index is 13.1. The highest BCUT2D eigenvalue weighted by Crippen LogP contribution is 2.33. The van der Waals surface area contributed by atoms with Crippen molar-refractivity contribution in [3.05, 3.63) is 59.2 Å². The van der Waals surface area contributed by atoms with Crippen molar-refractivity contribution in [2.24, 2.45) is 11.8 Å². The molecule has 2 aliphatic rings. The Morgan fingerprint density at radius 3 is 2.46 bits per heavy atom. The Morgan fingerprint density at radius 2 is 1.74 bits per heavy atom. The number of nitrogens with zero attached hydrogens (tertiary/aromatic N) is 1. The largest absolute Gasteiger partial charge is 0.454 e. The van der Waals surface area contributed by atoms with Gasteiger partial charge in [0.1, 0.15) is 6.04 Å². The average molecular weight is 480 g/mol. The van der Waals surface area contributed by atoms with Crippen LogP contribution in [0.1, 0.15) is 53.0 Å². The molecule has 1 unspecified atom stereocenters. The lowest BCUT2D eigenvalue weighted by Crippen LogP contribution is -2.54. The van der Waals surface area contributed by atoms with Gasteiger partial charge >= 0.3 is 0 Å². The fourth-order valence-corrected chi connectivity index (χ4v) is 4.51. The molecule has 2 aromatic carbocycles. The summed E-state index contributed by atoms with van der Waals surface area (Å²) in [4.78, 5) is 41.0. The lowest BCUT2D eigenvalue weighted by Gasteiger charge is -2.36. The van der Waals surface area contributed by atoms with Crippen LogP contribution in [-0.4, -0.2) is 55.1 Å². The second kappa shape index (κ2) is 10.8. The molecule has 0 spiro atoms. The summed E-state index contributed by atoms with van der Waals surface area (Å²) in [5.74, 6) is 0.926. The van der Waals surface area contributed by atoms with E-state index in [9.17, 15) is 14.4 Å². The summed E-state index contributed by atoms with van der Waals surface area (Å²) in [6.07, 6.45) is 1.23. The molecular formula is C27H33N3O5. The van der Waals surface area contributed by atoms with Crippen molar-refractivity contribution in [2.45, 2.75) is 39.7 Å². The number of aryl methyl sites for hydroxylation is 1. The summed E-state index contributed by atoms with van der Waals surface area (Å²) >= 11 is 0. The molecule has 8 heteroatoms. The summed E-state index contributed by atoms with van der Waals surface area (Å²) < 4.78 is 10.7. The Balaban J connectivity index is 1.43. The molecule has 1 saturated heterocycles. The predicted molar refractivity (Wildman–Crippen MR) is 131 cm³/mol. The van der Waals surface area contributed by atoms with Crippen LogP contribution < -0.4 is 20.1 Å². The van der Waals surface area contributed by atoms with Crippen LogP contribution in [-0.2, 0) is 4.79 Å². The van der Waals surface area contributed by atoms with E-state index in [1.54, 1.807) is 29.2 Å². The number of benzene rings is 2. The predicted octanol–water partition coefficient (Wildman–Crippen LogP) is 3.15. The van der Waals surface area contributed by atoms with Crippen LogP contribution >= 0.6 is 0 Å². The van der Waals surface area contributed by atoms with Crippen molar-refractivity contribution in [1.29, 1.82) is 0 Å². The SMILES string of the molecule is Cc1ccccc1C(=O)NC(C(=O)NCC(C)C)C1CCN(C(=O)c2ccc3c(c2)OCO3)CC1. The molecule has 35 heavy (non-hydrogen) atoms. The van der Waals surface area contributed by atoms with Crippen LogP contribution in [0.15, 0.2) is 42.5 Å². The van der Waals surface area contributed by atoms with Crippen molar-refractivity contribution in [3.8, 4) is 11.5 Å². The summed E-state index contributed by atoms with van der Waals surface area (Å²) in [5.41, 5.74) is 1.96. The molecule has 0 aliphatic carbocycles. The van der Waals surface area contributed by atoms with Crippen molar-refractivity contribution < 1.29 is 23.9 Å². The Morgan fingerprint density at radius 1 is 1.03 bits per heavy atom. The van der Waals surface area contributed by atoms with Gasteiger partial charge < -0.3 is 25.0 Å². The maximum Gasteiger partial charge on any atom is 0.253 e. The van der Waals surface area contributed by atoms with Crippen LogP contribution in [0.3, 0.4) is 0 Å². The number of ether oxygens (including phenoxy) is 2. The molecule has 1 fully saturated rings. The monoisotopic (exact) mass is 479 g/mol. The third kappa shape index (κ3) is 5.75. The molecule has 2 heterocycles. The number of carbonyl (C=O) groups is 3. The van der Waals surface area contributed by atoms with Gasteiger partial charge in [-0.2, -0.15) is 0 Å². The number of carbonyl (C=O) groups excluding carboxylic acids is 3. The first-order valence-corrected chi connectivity index (χ1v) is 12.2. The van der Waals surface area contributed by atoms with Crippen LogP contribution in [0.4, 0.5) is 0 Å². The summed E-state index contributed by atoms with van der Waals surface area (Å²) in [7, 11) is 0. The smallest absolute Gasteiger partial charge is 0.253 e. The molecular weight excluding hydrogens is 446 g/mol. The van der Waals surface area contributed by atoms with E-state index in [0.717, 1.165) is 5.56 Å². The minimum atomic E-state index is -0.663. The molecule has 4 rings (SSSR count). The van der Waals surface area contributed by atoms with E-state index in [1.807, 2.05) is 39.0 Å². The van der Waals surface area contributed by atoms with Gasteiger partial charge in [-0.05, 0) is 61.4 Å². The second-order valence-electron chi connectivity index (χ2n) is 9.60. The van der Waals surface area contributed by atoms with Crippen LogP contribution in [0, 0.1) is 18.8 Å². The third-order valence-electron chi connectivity index (χ3n) is 6.56. The number of fused-ring (bicyclic) bond motifs is 1. The fourth-order valence-electron chi connectivity index (χ4n) is 4.51. The van der Waals surface area contributed by atoms with Gasteiger partial charge in [-0.25, -0.2) is 0 Å². The van der Waals surface area contributed by atoms with E-state index in [-0.39, 0.29) is 30.4 Å². The van der Waals surface area contributed by atoms with Crippen LogP contribution in [0.2, 0.25) is 0 Å². The number of nitrogens with one attached hydrogen (secondary N) is 2. The summed E-state index contributed by atoms with van der Waals surface area (Å²) in [6, 6.07) is 11.9. The number of likely N-dealkylation sites (tertiary alicyclic amines) is 1. The average Bonchev–Trinajstić information content (AvgIpc) is 3.33. The molecule has 8 nitrogen and oxygen atoms in total. The van der Waals surface area contributed by atoms with Gasteiger partial charge in [0, 0.05) is 30.8 Å².